The van der Waals surface area contributed by atoms with E-state index in [4.69, 9.17) is 0 Å². The van der Waals surface area contributed by atoms with Crippen LogP contribution in [0.4, 0.5) is 0 Å². The molecule has 0 aliphatic heterocycles. The van der Waals surface area contributed by atoms with E-state index < -0.39 is 0 Å². The zero-order valence-corrected chi connectivity index (χ0v) is 8.42. The highest BCUT2D eigenvalue weighted by atomic mass is 16.1. The third kappa shape index (κ3) is 1.33. The van der Waals surface area contributed by atoms with Gasteiger partial charge in [-0.1, -0.05) is 32.4 Å². The Kier molecular flexibility index (Phi) is 2.41. The maximum absolute atomic E-state index is 10.9. The van der Waals surface area contributed by atoms with E-state index in [0.29, 0.717) is 5.92 Å². The van der Waals surface area contributed by atoms with E-state index in [-0.39, 0.29) is 11.3 Å². The molecule has 0 saturated carbocycles. The van der Waals surface area contributed by atoms with Gasteiger partial charge in [0, 0.05) is 5.92 Å². The maximum Gasteiger partial charge on any atom is 0.127 e. The van der Waals surface area contributed by atoms with Gasteiger partial charge in [-0.2, -0.15) is 0 Å². The van der Waals surface area contributed by atoms with Gasteiger partial charge in [0.15, 0.2) is 0 Å². The molecule has 0 aromatic rings. The number of allylic oxidation sites excluding steroid dienone is 2. The number of carbonyl (C=O) groups is 1. The van der Waals surface area contributed by atoms with Gasteiger partial charge in [-0.15, -0.1) is 0 Å². The van der Waals surface area contributed by atoms with Crippen molar-refractivity contribution in [3.05, 3.63) is 11.6 Å². The van der Waals surface area contributed by atoms with Crippen molar-refractivity contribution in [3.8, 4) is 0 Å². The first kappa shape index (κ1) is 9.50. The van der Waals surface area contributed by atoms with Gasteiger partial charge in [-0.25, -0.2) is 0 Å². The van der Waals surface area contributed by atoms with Crippen LogP contribution in [-0.4, -0.2) is 6.29 Å². The van der Waals surface area contributed by atoms with Crippen molar-refractivity contribution in [3.63, 3.8) is 0 Å². The molecule has 0 radical (unpaired) electrons. The molecular weight excluding hydrogens is 148 g/mol. The number of aldehydes is 1. The molecule has 0 aromatic carbocycles. The zero-order chi connectivity index (χ0) is 9.35. The lowest BCUT2D eigenvalue weighted by Gasteiger charge is -2.40. The minimum absolute atomic E-state index is 0.126. The summed E-state index contributed by atoms with van der Waals surface area (Å²) in [6, 6.07) is 0. The molecule has 1 heteroatoms. The quantitative estimate of drug-likeness (QED) is 0.432. The van der Waals surface area contributed by atoms with E-state index in [1.54, 1.807) is 0 Å². The molecule has 2 unspecified atom stereocenters. The average Bonchev–Trinajstić information content (AvgIpc) is 1.98. The Labute approximate surface area is 74.9 Å². The summed E-state index contributed by atoms with van der Waals surface area (Å²) in [6.07, 6.45) is 4.42. The summed E-state index contributed by atoms with van der Waals surface area (Å²) >= 11 is 0. The molecule has 0 fully saturated rings. The van der Waals surface area contributed by atoms with E-state index >= 15 is 0 Å². The van der Waals surface area contributed by atoms with Gasteiger partial charge in [0.05, 0.1) is 0 Å². The van der Waals surface area contributed by atoms with E-state index in [9.17, 15) is 4.79 Å². The van der Waals surface area contributed by atoms with Gasteiger partial charge >= 0.3 is 0 Å². The van der Waals surface area contributed by atoms with Crippen molar-refractivity contribution >= 4 is 6.29 Å². The van der Waals surface area contributed by atoms with Crippen molar-refractivity contribution in [2.45, 2.75) is 34.1 Å². The number of hydrogen-bond acceptors (Lipinski definition) is 1. The van der Waals surface area contributed by atoms with Gasteiger partial charge in [0.2, 0.25) is 0 Å². The lowest BCUT2D eigenvalue weighted by atomic mass is 9.64. The summed E-state index contributed by atoms with van der Waals surface area (Å²) in [5, 5.41) is 0. The van der Waals surface area contributed by atoms with Crippen molar-refractivity contribution in [2.75, 3.05) is 0 Å². The molecule has 0 heterocycles. The summed E-state index contributed by atoms with van der Waals surface area (Å²) in [6.45, 7) is 8.66. The summed E-state index contributed by atoms with van der Waals surface area (Å²) < 4.78 is 0. The Bertz CT molecular complexity index is 213. The molecule has 2 atom stereocenters. The van der Waals surface area contributed by atoms with Crippen LogP contribution in [0.5, 0.6) is 0 Å². The predicted molar refractivity (Wildman–Crippen MR) is 50.9 cm³/mol. The van der Waals surface area contributed by atoms with Crippen LogP contribution in [0.15, 0.2) is 11.6 Å². The fraction of sp³-hybridized carbons (Fsp3) is 0.727. The normalized spacial score (nSPS) is 34.2. The molecule has 1 rings (SSSR count). The topological polar surface area (TPSA) is 17.1 Å². The van der Waals surface area contributed by atoms with Gasteiger partial charge in [-0.3, -0.25) is 0 Å². The summed E-state index contributed by atoms with van der Waals surface area (Å²) in [7, 11) is 0. The second kappa shape index (κ2) is 3.04. The van der Waals surface area contributed by atoms with Crippen LogP contribution >= 0.6 is 0 Å². The van der Waals surface area contributed by atoms with E-state index in [0.717, 1.165) is 12.7 Å². The smallest absolute Gasteiger partial charge is 0.127 e. The van der Waals surface area contributed by atoms with Crippen LogP contribution in [0.25, 0.3) is 0 Å². The van der Waals surface area contributed by atoms with E-state index in [1.165, 1.54) is 5.57 Å². The minimum Gasteiger partial charge on any atom is -0.303 e. The Morgan fingerprint density at radius 3 is 2.58 bits per heavy atom. The third-order valence-electron chi connectivity index (χ3n) is 3.49. The third-order valence-corrected chi connectivity index (χ3v) is 3.49. The minimum atomic E-state index is 0.126. The monoisotopic (exact) mass is 166 g/mol. The first-order chi connectivity index (χ1) is 5.50. The first-order valence-corrected chi connectivity index (χ1v) is 4.62. The molecule has 0 spiro atoms. The van der Waals surface area contributed by atoms with Gasteiger partial charge in [-0.05, 0) is 24.7 Å². The summed E-state index contributed by atoms with van der Waals surface area (Å²) in [5.74, 6) is 0.734. The number of carbonyl (C=O) groups excluding carboxylic acids is 1. The molecule has 0 N–H and O–H groups in total. The summed E-state index contributed by atoms with van der Waals surface area (Å²) in [5.41, 5.74) is 1.38. The van der Waals surface area contributed by atoms with E-state index in [1.807, 2.05) is 0 Å². The highest BCUT2D eigenvalue weighted by molar-refractivity contribution is 5.60. The maximum atomic E-state index is 10.9. The molecule has 68 valence electrons. The Morgan fingerprint density at radius 2 is 2.17 bits per heavy atom. The van der Waals surface area contributed by atoms with Gasteiger partial charge < -0.3 is 4.79 Å². The number of hydrogen-bond donors (Lipinski definition) is 0. The fourth-order valence-electron chi connectivity index (χ4n) is 1.97. The molecule has 12 heavy (non-hydrogen) atoms. The predicted octanol–water partition coefficient (Wildman–Crippen LogP) is 2.81. The van der Waals surface area contributed by atoms with Crippen molar-refractivity contribution < 1.29 is 4.79 Å². The molecule has 0 aromatic heterocycles. The highest BCUT2D eigenvalue weighted by Gasteiger charge is 2.37. The van der Waals surface area contributed by atoms with Crippen LogP contribution in [0, 0.1) is 17.3 Å². The molecule has 0 amide bonds. The molecule has 1 nitrogen and oxygen atoms in total. The van der Waals surface area contributed by atoms with Crippen molar-refractivity contribution in [1.29, 1.82) is 0 Å². The second-order valence-corrected chi connectivity index (χ2v) is 4.52. The Balaban J connectivity index is 2.99. The molecule has 1 aliphatic rings. The average molecular weight is 166 g/mol. The molecule has 1 aliphatic carbocycles. The first-order valence-electron chi connectivity index (χ1n) is 4.62. The molecule has 0 saturated heterocycles. The van der Waals surface area contributed by atoms with Gasteiger partial charge in [0.1, 0.15) is 6.29 Å². The second-order valence-electron chi connectivity index (χ2n) is 4.52. The van der Waals surface area contributed by atoms with Crippen LogP contribution in [0.2, 0.25) is 0 Å². The van der Waals surface area contributed by atoms with E-state index in [2.05, 4.69) is 33.8 Å². The Hall–Kier alpha value is -0.590. The highest BCUT2D eigenvalue weighted by Crippen LogP contribution is 2.43. The lowest BCUT2D eigenvalue weighted by molar-refractivity contribution is -0.114. The molecular formula is C11H18O. The largest absolute Gasteiger partial charge is 0.303 e. The van der Waals surface area contributed by atoms with Gasteiger partial charge in [0.25, 0.3) is 0 Å². The Morgan fingerprint density at radius 1 is 1.58 bits per heavy atom. The standard InChI is InChI=1S/C11H18O/c1-8-5-6-9(2)11(3,4)10(8)7-12/h5,7,9-10H,6H2,1-4H3. The van der Waals surface area contributed by atoms with Crippen LogP contribution in [0.1, 0.15) is 34.1 Å². The zero-order valence-electron chi connectivity index (χ0n) is 8.42. The number of rotatable bonds is 1. The van der Waals surface area contributed by atoms with Crippen LogP contribution < -0.4 is 0 Å². The van der Waals surface area contributed by atoms with Crippen molar-refractivity contribution in [1.82, 2.24) is 0 Å². The van der Waals surface area contributed by atoms with Crippen LogP contribution in [0.3, 0.4) is 0 Å². The molecule has 0 bridgehead atoms. The van der Waals surface area contributed by atoms with Crippen LogP contribution in [-0.2, 0) is 4.79 Å². The SMILES string of the molecule is CC1=CCC(C)C(C)(C)C1C=O. The summed E-state index contributed by atoms with van der Waals surface area (Å²) in [4.78, 5) is 10.9. The van der Waals surface area contributed by atoms with Crippen molar-refractivity contribution in [2.24, 2.45) is 17.3 Å². The lowest BCUT2D eigenvalue weighted by Crippen LogP contribution is -2.35. The fourth-order valence-corrected chi connectivity index (χ4v) is 1.97.